The molecule has 13 nitrogen and oxygen atoms in total. The van der Waals surface area contributed by atoms with Gasteiger partial charge in [-0.2, -0.15) is 22.8 Å². The number of allylic oxidation sites excluding steroid dienone is 10. The predicted octanol–water partition coefficient (Wildman–Crippen LogP) is 22.6. The molecule has 0 saturated heterocycles. The van der Waals surface area contributed by atoms with Crippen LogP contribution in [0.4, 0.5) is 5.69 Å². The van der Waals surface area contributed by atoms with Crippen molar-refractivity contribution >= 4 is 99.5 Å². The average molecular weight is 2030 g/mol. The molecule has 0 atom stereocenters. The van der Waals surface area contributed by atoms with Crippen LogP contribution in [0.5, 0.6) is 0 Å². The third-order valence-electron chi connectivity index (χ3n) is 17.4. The number of hydrogen-bond donors (Lipinski definition) is 5. The Balaban J connectivity index is 0.000000213. The van der Waals surface area contributed by atoms with Gasteiger partial charge in [0.1, 0.15) is 0 Å². The average Bonchev–Trinajstić information content (AvgIpc) is 1.22. The van der Waals surface area contributed by atoms with Crippen molar-refractivity contribution in [3.8, 4) is 44.8 Å². The monoisotopic (exact) mass is 2030 g/mol. The van der Waals surface area contributed by atoms with Crippen molar-refractivity contribution in [3.63, 3.8) is 0 Å². The van der Waals surface area contributed by atoms with Crippen LogP contribution in [0.1, 0.15) is 77.8 Å². The molecule has 16 heteroatoms. The number of carbonyl (C=O) groups excluding carboxylic acids is 3. The fourth-order valence-electron chi connectivity index (χ4n) is 12.1. The fourth-order valence-corrected chi connectivity index (χ4v) is 12.1. The molecule has 0 spiro atoms. The van der Waals surface area contributed by atoms with Crippen LogP contribution in [0.15, 0.2) is 303 Å². The predicted molar refractivity (Wildman–Crippen MR) is 454 cm³/mol. The Bertz CT molecular complexity index is 5770. The largest absolute Gasteiger partial charge is 0.802 e. The number of nitrogens with one attached hydrogen (secondary N) is 1. The maximum Gasteiger partial charge on any atom is 0.221 e. The second-order valence-electron chi connectivity index (χ2n) is 27.1. The zero-order valence-corrected chi connectivity index (χ0v) is 72.1. The summed E-state index contributed by atoms with van der Waals surface area (Å²) in [4.78, 5) is 45.4. The van der Waals surface area contributed by atoms with Gasteiger partial charge >= 0.3 is 0 Å². The molecule has 3 aromatic heterocycles. The molecule has 6 N–H and O–H groups in total. The fraction of sp³-hybridized carbons (Fsp3) is 0.144. The number of nitrogens with zero attached hydrogens (tertiary/aromatic N) is 5. The van der Waals surface area contributed by atoms with Gasteiger partial charge in [0.05, 0.1) is 45.0 Å². The maximum absolute atomic E-state index is 11.0. The third kappa shape index (κ3) is 25.8. The maximum atomic E-state index is 11.0. The molecule has 1 aliphatic carbocycles. The number of carbonyl (C=O) groups is 3. The van der Waals surface area contributed by atoms with E-state index in [9.17, 15) is 19.5 Å². The minimum absolute atomic E-state index is 0. The molecule has 16 rings (SSSR count). The van der Waals surface area contributed by atoms with E-state index in [2.05, 4.69) is 207 Å². The summed E-state index contributed by atoms with van der Waals surface area (Å²) in [5, 5.41) is 52.2. The van der Waals surface area contributed by atoms with Crippen LogP contribution in [-0.2, 0) is 81.2 Å². The molecule has 0 unspecified atom stereocenters. The Labute approximate surface area is 702 Å². The van der Waals surface area contributed by atoms with Crippen molar-refractivity contribution in [1.29, 1.82) is 5.41 Å². The summed E-state index contributed by atoms with van der Waals surface area (Å²) in [6.45, 7) is 20.2. The molecule has 579 valence electrons. The van der Waals surface area contributed by atoms with Crippen molar-refractivity contribution in [2.45, 2.75) is 82.7 Å². The van der Waals surface area contributed by atoms with Gasteiger partial charge in [-0.1, -0.05) is 251 Å². The first-order chi connectivity index (χ1) is 52.8. The molecule has 0 amide bonds. The Morgan fingerprint density at radius 3 is 1.71 bits per heavy atom. The Hall–Kier alpha value is -11.4. The molecule has 11 aromatic carbocycles. The number of hydrogen-bond acceptors (Lipinski definition) is 11. The second-order valence-corrected chi connectivity index (χ2v) is 27.1. The SMILES string of the molecule is CC(=O)C=C(C)O.CC(=O)C=C(C)O.CC(C)C(=O)C=C(O)C(C)C.Cc1[c-]c(-c2ccc3ccccc3n2)cc(C)c1.Cc1cnc2c3[c-]cc(-c4ccccc4)cc3c3cc(-c4ccccc4)ccc3c2n1.Nc1[c-]ccc2ccccc12.[Ir].[Ir].[Ir].[N-]=C1C=CC=CC1=N.c1ccc2c(c1)C[n+]1ccc3ccccc3c1-2. The summed E-state index contributed by atoms with van der Waals surface area (Å²) in [6.07, 6.45) is 14.1. The zero-order valence-electron chi connectivity index (χ0n) is 64.9. The topological polar surface area (TPSA) is 227 Å². The summed E-state index contributed by atoms with van der Waals surface area (Å²) in [7, 11) is 0. The standard InChI is InChI=1S/C29H19N2.C17H14N.C16H12N.C10H8N.C9H16O2.C6H5N2.2C5H8O2.3Ir/c1-19-18-30-28-24-14-12-22(20-8-4-2-5-9-20)16-26(24)27-17-23(21-10-6-3-7-11-21)13-15-25(27)29(28)31-19;1-12-9-13(2)11-15(10-12)17-8-7-14-5-3-4-6-16(14)18-17;1-3-7-14-12(5-1)9-10-17-11-13-6-2-4-8-15(13)16(14)17;11-10-7-3-5-8-4-1-2-6-9(8)10;1-6(2)8(10)5-9(11)7(3)4;7-5-3-1-2-4-6(5)8;2*1-4(6)3-5(2)7;;;/h2-13,15-18H,1H3;3-10H,1-2H3;1-10H,11H2;1-6H,11H2;5-7,10H,1-4H3;1-4,7H;2*3,6H,1-2H3;;;/q2*-1;+1;-1;;-1;;;;;. The number of anilines is 1. The Kier molecular flexibility index (Phi) is 35.2. The van der Waals surface area contributed by atoms with Gasteiger partial charge in [0.25, 0.3) is 0 Å². The van der Waals surface area contributed by atoms with Crippen molar-refractivity contribution in [2.24, 2.45) is 11.8 Å². The van der Waals surface area contributed by atoms with Crippen molar-refractivity contribution in [1.82, 2.24) is 15.0 Å². The number of aryl methyl sites for hydroxylation is 3. The van der Waals surface area contributed by atoms with Crippen LogP contribution >= 0.6 is 0 Å². The molecule has 2 aliphatic rings. The molecular formula is C97H90Ir3N7O6-3. The van der Waals surface area contributed by atoms with E-state index in [1.54, 1.807) is 12.2 Å². The quantitative estimate of drug-likeness (QED) is 0.0184. The number of aliphatic hydroxyl groups excluding tert-OH is 3. The number of pyridine rings is 2. The minimum atomic E-state index is -0.125. The summed E-state index contributed by atoms with van der Waals surface area (Å²) in [5.41, 5.74) is 23.8. The molecule has 0 bridgehead atoms. The number of nitrogen functional groups attached to an aromatic ring is 1. The number of ketones is 3. The number of para-hydroxylation sites is 1. The summed E-state index contributed by atoms with van der Waals surface area (Å²) < 4.78 is 2.34. The van der Waals surface area contributed by atoms with Crippen molar-refractivity contribution in [2.75, 3.05) is 5.73 Å². The van der Waals surface area contributed by atoms with E-state index >= 15 is 0 Å². The van der Waals surface area contributed by atoms with Gasteiger partial charge in [-0.05, 0) is 91.9 Å². The Morgan fingerprint density at radius 2 is 1.12 bits per heavy atom. The van der Waals surface area contributed by atoms with Crippen LogP contribution in [-0.4, -0.2) is 59.0 Å². The number of nitrogens with two attached hydrogens (primary N) is 1. The van der Waals surface area contributed by atoms with Gasteiger partial charge < -0.3 is 36.9 Å². The number of fused-ring (bicyclic) bond motifs is 13. The third-order valence-corrected chi connectivity index (χ3v) is 17.4. The van der Waals surface area contributed by atoms with Crippen LogP contribution in [0.3, 0.4) is 0 Å². The number of aliphatic hydroxyl groups is 3. The summed E-state index contributed by atoms with van der Waals surface area (Å²) in [5.74, 6) is 0.0356. The molecular weight excluding hydrogens is 1940 g/mol. The molecule has 4 heterocycles. The van der Waals surface area contributed by atoms with E-state index in [4.69, 9.17) is 41.7 Å². The van der Waals surface area contributed by atoms with Gasteiger partial charge in [0.2, 0.25) is 5.69 Å². The van der Waals surface area contributed by atoms with Gasteiger partial charge in [0, 0.05) is 119 Å². The van der Waals surface area contributed by atoms with Gasteiger partial charge in [-0.3, -0.25) is 24.4 Å². The van der Waals surface area contributed by atoms with Crippen LogP contribution < -0.4 is 10.3 Å². The van der Waals surface area contributed by atoms with Crippen molar-refractivity contribution in [3.05, 3.63) is 349 Å². The smallest absolute Gasteiger partial charge is 0.221 e. The van der Waals surface area contributed by atoms with Crippen molar-refractivity contribution < 1.29 is 94.6 Å². The molecule has 3 radical (unpaired) electrons. The van der Waals surface area contributed by atoms with E-state index in [0.717, 1.165) is 78.4 Å². The van der Waals surface area contributed by atoms with Gasteiger partial charge in [-0.25, -0.2) is 0 Å². The first-order valence-corrected chi connectivity index (χ1v) is 36.2. The summed E-state index contributed by atoms with van der Waals surface area (Å²) >= 11 is 0. The van der Waals surface area contributed by atoms with Gasteiger partial charge in [0.15, 0.2) is 30.1 Å². The van der Waals surface area contributed by atoms with E-state index in [1.165, 1.54) is 124 Å². The molecule has 14 aromatic rings. The minimum Gasteiger partial charge on any atom is -0.802 e. The molecule has 1 aliphatic heterocycles. The Morgan fingerprint density at radius 1 is 0.549 bits per heavy atom. The van der Waals surface area contributed by atoms with E-state index < -0.39 is 0 Å². The first-order valence-electron chi connectivity index (χ1n) is 36.2. The van der Waals surface area contributed by atoms with Crippen LogP contribution in [0.2, 0.25) is 0 Å². The normalized spacial score (nSPS) is 11.6. The number of aromatic nitrogens is 4. The van der Waals surface area contributed by atoms with E-state index in [-0.39, 0.29) is 118 Å². The summed E-state index contributed by atoms with van der Waals surface area (Å²) in [6, 6.07) is 89.7. The second kappa shape index (κ2) is 44.0. The number of rotatable bonds is 8. The molecule has 0 saturated carbocycles. The van der Waals surface area contributed by atoms with E-state index in [0.29, 0.717) is 0 Å². The zero-order chi connectivity index (χ0) is 79.0. The van der Waals surface area contributed by atoms with E-state index in [1.807, 2.05) is 108 Å². The van der Waals surface area contributed by atoms with Crippen LogP contribution in [0, 0.1) is 56.2 Å². The van der Waals surface area contributed by atoms with Crippen LogP contribution in [0.25, 0.3) is 115 Å². The number of benzene rings is 11. The molecule has 113 heavy (non-hydrogen) atoms. The molecule has 0 fully saturated rings. The first kappa shape index (κ1) is 90.4. The van der Waals surface area contributed by atoms with Gasteiger partial charge in [-0.15, -0.1) is 81.0 Å².